The first-order valence-electron chi connectivity index (χ1n) is 6.58. The van der Waals surface area contributed by atoms with E-state index < -0.39 is 0 Å². The fraction of sp³-hybridized carbons (Fsp3) is 0.400. The van der Waals surface area contributed by atoms with E-state index in [2.05, 4.69) is 46.1 Å². The van der Waals surface area contributed by atoms with Gasteiger partial charge in [0, 0.05) is 38.1 Å². The van der Waals surface area contributed by atoms with E-state index in [1.165, 1.54) is 17.7 Å². The largest absolute Gasteiger partial charge is 0.385 e. The Labute approximate surface area is 109 Å². The molecule has 2 aromatic rings. The molecule has 0 unspecified atom stereocenters. The molecule has 0 amide bonds. The van der Waals surface area contributed by atoms with Crippen molar-refractivity contribution in [2.75, 3.05) is 11.9 Å². The molecule has 1 heterocycles. The predicted molar refractivity (Wildman–Crippen MR) is 75.8 cm³/mol. The lowest BCUT2D eigenvalue weighted by Crippen LogP contribution is -2.08. The molecule has 0 atom stereocenters. The number of nitrogens with one attached hydrogen (secondary N) is 1. The van der Waals surface area contributed by atoms with Crippen molar-refractivity contribution in [1.29, 1.82) is 0 Å². The molecule has 1 N–H and O–H groups in total. The third-order valence-electron chi connectivity index (χ3n) is 3.09. The lowest BCUT2D eigenvalue weighted by atomic mass is 10.1. The van der Waals surface area contributed by atoms with Gasteiger partial charge in [-0.05, 0) is 24.1 Å². The molecule has 0 aliphatic carbocycles. The first-order chi connectivity index (χ1) is 8.79. The van der Waals surface area contributed by atoms with Crippen molar-refractivity contribution in [1.82, 2.24) is 9.55 Å². The van der Waals surface area contributed by atoms with Crippen LogP contribution in [0.25, 0.3) is 0 Å². The third kappa shape index (κ3) is 3.36. The van der Waals surface area contributed by atoms with Crippen LogP contribution in [0, 0.1) is 0 Å². The molecule has 0 aliphatic rings. The summed E-state index contributed by atoms with van der Waals surface area (Å²) in [5, 5.41) is 3.43. The van der Waals surface area contributed by atoms with E-state index in [-0.39, 0.29) is 0 Å². The second kappa shape index (κ2) is 6.24. The van der Waals surface area contributed by atoms with E-state index >= 15 is 0 Å². The fourth-order valence-electron chi connectivity index (χ4n) is 2.03. The van der Waals surface area contributed by atoms with Crippen molar-refractivity contribution >= 4 is 5.69 Å². The summed E-state index contributed by atoms with van der Waals surface area (Å²) in [5.74, 6) is 1.12. The highest BCUT2D eigenvalue weighted by atomic mass is 15.0. The molecular weight excluding hydrogens is 222 g/mol. The normalized spacial score (nSPS) is 10.6. The monoisotopic (exact) mass is 243 g/mol. The fourth-order valence-corrected chi connectivity index (χ4v) is 2.03. The maximum absolute atomic E-state index is 4.31. The summed E-state index contributed by atoms with van der Waals surface area (Å²) in [6.07, 6.45) is 7.13. The second-order valence-electron chi connectivity index (χ2n) is 4.58. The Hall–Kier alpha value is -1.77. The molecule has 0 saturated carbocycles. The minimum Gasteiger partial charge on any atom is -0.385 e. The molecule has 18 heavy (non-hydrogen) atoms. The summed E-state index contributed by atoms with van der Waals surface area (Å²) >= 11 is 0. The summed E-state index contributed by atoms with van der Waals surface area (Å²) in [7, 11) is 2.03. The van der Waals surface area contributed by atoms with Crippen LogP contribution in [0.4, 0.5) is 5.69 Å². The van der Waals surface area contributed by atoms with Crippen LogP contribution in [0.5, 0.6) is 0 Å². The first-order valence-corrected chi connectivity index (χ1v) is 6.58. The minimum atomic E-state index is 0.915. The maximum Gasteiger partial charge on any atom is 0.110 e. The number of benzene rings is 1. The average Bonchev–Trinajstić information content (AvgIpc) is 2.78. The van der Waals surface area contributed by atoms with Crippen molar-refractivity contribution < 1.29 is 0 Å². The Morgan fingerprint density at radius 3 is 2.56 bits per heavy atom. The third-order valence-corrected chi connectivity index (χ3v) is 3.09. The molecule has 0 bridgehead atoms. The quantitative estimate of drug-likeness (QED) is 0.845. The Morgan fingerprint density at radius 2 is 1.94 bits per heavy atom. The average molecular weight is 243 g/mol. The number of rotatable bonds is 6. The smallest absolute Gasteiger partial charge is 0.110 e. The van der Waals surface area contributed by atoms with Crippen LogP contribution < -0.4 is 5.32 Å². The molecule has 3 nitrogen and oxygen atoms in total. The zero-order chi connectivity index (χ0) is 12.8. The van der Waals surface area contributed by atoms with Crippen LogP contribution in [0.3, 0.4) is 0 Å². The van der Waals surface area contributed by atoms with Gasteiger partial charge < -0.3 is 9.88 Å². The number of aryl methyl sites for hydroxylation is 2. The van der Waals surface area contributed by atoms with Gasteiger partial charge in [0.05, 0.1) is 0 Å². The predicted octanol–water partition coefficient (Wildman–Crippen LogP) is 3.03. The van der Waals surface area contributed by atoms with E-state index in [0.29, 0.717) is 0 Å². The van der Waals surface area contributed by atoms with Gasteiger partial charge in [0.15, 0.2) is 0 Å². The Morgan fingerprint density at radius 1 is 1.17 bits per heavy atom. The van der Waals surface area contributed by atoms with Gasteiger partial charge >= 0.3 is 0 Å². The second-order valence-corrected chi connectivity index (χ2v) is 4.58. The topological polar surface area (TPSA) is 29.9 Å². The standard InChI is InChI=1S/C15H21N3/c1-3-4-13-5-7-14(8-6-13)16-10-9-15-17-11-12-18(15)2/h5-8,11-12,16H,3-4,9-10H2,1-2H3. The number of hydrogen-bond donors (Lipinski definition) is 1. The highest BCUT2D eigenvalue weighted by Crippen LogP contribution is 2.11. The van der Waals surface area contributed by atoms with Gasteiger partial charge in [-0.25, -0.2) is 4.98 Å². The molecule has 3 heteroatoms. The highest BCUT2D eigenvalue weighted by Gasteiger charge is 1.99. The van der Waals surface area contributed by atoms with Crippen molar-refractivity contribution in [2.24, 2.45) is 7.05 Å². The summed E-state index contributed by atoms with van der Waals surface area (Å²) in [6, 6.07) is 8.71. The number of nitrogens with zero attached hydrogens (tertiary/aromatic N) is 2. The summed E-state index contributed by atoms with van der Waals surface area (Å²) in [4.78, 5) is 4.31. The Kier molecular flexibility index (Phi) is 4.40. The van der Waals surface area contributed by atoms with E-state index in [4.69, 9.17) is 0 Å². The van der Waals surface area contributed by atoms with Gasteiger partial charge in [-0.2, -0.15) is 0 Å². The van der Waals surface area contributed by atoms with Gasteiger partial charge in [-0.1, -0.05) is 25.5 Å². The Bertz CT molecular complexity index is 471. The van der Waals surface area contributed by atoms with Crippen molar-refractivity contribution in [3.05, 3.63) is 48.0 Å². The molecule has 0 fully saturated rings. The molecule has 0 spiro atoms. The molecular formula is C15H21N3. The van der Waals surface area contributed by atoms with E-state index in [1.807, 2.05) is 19.4 Å². The number of hydrogen-bond acceptors (Lipinski definition) is 2. The SMILES string of the molecule is CCCc1ccc(NCCc2nccn2C)cc1. The van der Waals surface area contributed by atoms with Crippen LogP contribution in [-0.4, -0.2) is 16.1 Å². The van der Waals surface area contributed by atoms with Gasteiger partial charge in [-0.3, -0.25) is 0 Å². The van der Waals surface area contributed by atoms with E-state index in [0.717, 1.165) is 25.2 Å². The minimum absolute atomic E-state index is 0.915. The highest BCUT2D eigenvalue weighted by molar-refractivity contribution is 5.44. The number of aromatic nitrogens is 2. The zero-order valence-corrected chi connectivity index (χ0v) is 11.2. The van der Waals surface area contributed by atoms with Gasteiger partial charge in [-0.15, -0.1) is 0 Å². The van der Waals surface area contributed by atoms with Crippen LogP contribution in [0.1, 0.15) is 24.7 Å². The van der Waals surface area contributed by atoms with E-state index in [9.17, 15) is 0 Å². The molecule has 96 valence electrons. The zero-order valence-electron chi connectivity index (χ0n) is 11.2. The molecule has 2 rings (SSSR count). The van der Waals surface area contributed by atoms with E-state index in [1.54, 1.807) is 0 Å². The number of imidazole rings is 1. The van der Waals surface area contributed by atoms with Gasteiger partial charge in [0.1, 0.15) is 5.82 Å². The van der Waals surface area contributed by atoms with Crippen LogP contribution in [0.2, 0.25) is 0 Å². The number of anilines is 1. The maximum atomic E-state index is 4.31. The van der Waals surface area contributed by atoms with Crippen molar-refractivity contribution in [2.45, 2.75) is 26.2 Å². The molecule has 0 aliphatic heterocycles. The van der Waals surface area contributed by atoms with Gasteiger partial charge in [0.2, 0.25) is 0 Å². The summed E-state index contributed by atoms with van der Waals surface area (Å²) in [5.41, 5.74) is 2.59. The van der Waals surface area contributed by atoms with Crippen LogP contribution in [0.15, 0.2) is 36.7 Å². The first kappa shape index (κ1) is 12.7. The Balaban J connectivity index is 1.81. The summed E-state index contributed by atoms with van der Waals surface area (Å²) in [6.45, 7) is 3.12. The van der Waals surface area contributed by atoms with Crippen LogP contribution in [-0.2, 0) is 19.9 Å². The van der Waals surface area contributed by atoms with Crippen LogP contribution >= 0.6 is 0 Å². The lowest BCUT2D eigenvalue weighted by Gasteiger charge is -2.07. The van der Waals surface area contributed by atoms with Gasteiger partial charge in [0.25, 0.3) is 0 Å². The molecule has 0 saturated heterocycles. The molecule has 1 aromatic heterocycles. The lowest BCUT2D eigenvalue weighted by molar-refractivity contribution is 0.789. The van der Waals surface area contributed by atoms with Crippen molar-refractivity contribution in [3.8, 4) is 0 Å². The van der Waals surface area contributed by atoms with Crippen molar-refractivity contribution in [3.63, 3.8) is 0 Å². The molecule has 0 radical (unpaired) electrons. The molecule has 1 aromatic carbocycles. The summed E-state index contributed by atoms with van der Waals surface area (Å²) < 4.78 is 2.06.